The number of piperazine rings is 1. The van der Waals surface area contributed by atoms with Gasteiger partial charge in [0.25, 0.3) is 5.56 Å². The van der Waals surface area contributed by atoms with Crippen LogP contribution in [0.5, 0.6) is 0 Å². The first-order valence-corrected chi connectivity index (χ1v) is 17.1. The third-order valence-corrected chi connectivity index (χ3v) is 10.0. The largest absolute Gasteiger partial charge is 0.392 e. The fourth-order valence-electron chi connectivity index (χ4n) is 5.92. The van der Waals surface area contributed by atoms with Gasteiger partial charge in [-0.2, -0.15) is 4.98 Å². The van der Waals surface area contributed by atoms with E-state index in [1.54, 1.807) is 7.05 Å². The summed E-state index contributed by atoms with van der Waals surface area (Å²) < 4.78 is 16.9. The van der Waals surface area contributed by atoms with Crippen molar-refractivity contribution < 1.29 is 9.32 Å². The lowest BCUT2D eigenvalue weighted by atomic mass is 10.1. The van der Waals surface area contributed by atoms with Gasteiger partial charge in [0.2, 0.25) is 5.95 Å². The van der Waals surface area contributed by atoms with E-state index in [-0.39, 0.29) is 11.7 Å². The third kappa shape index (κ3) is 8.37. The van der Waals surface area contributed by atoms with E-state index in [9.17, 15) is 18.9 Å². The molecule has 0 aliphatic carbocycles. The van der Waals surface area contributed by atoms with Crippen LogP contribution in [0.25, 0.3) is 11.2 Å². The molecule has 3 heterocycles. The van der Waals surface area contributed by atoms with Crippen molar-refractivity contribution in [3.8, 4) is 0 Å². The highest BCUT2D eigenvalue weighted by molar-refractivity contribution is 7.85. The third-order valence-electron chi connectivity index (χ3n) is 8.55. The molecule has 11 nitrogen and oxygen atoms in total. The van der Waals surface area contributed by atoms with Crippen LogP contribution in [0.4, 0.5) is 5.95 Å². The SMILES string of the molecule is Cn1c(=O)c2c(nc(NCc3ccccc3)n2CCCN2CCN(CC(O)CCCCS(=O)c3ccccc3)CC2)n(C)c1=O. The Morgan fingerprint density at radius 3 is 2.24 bits per heavy atom. The van der Waals surface area contributed by atoms with Crippen molar-refractivity contribution in [2.24, 2.45) is 14.1 Å². The number of nitrogens with one attached hydrogen (secondary N) is 1. The smallest absolute Gasteiger partial charge is 0.332 e. The van der Waals surface area contributed by atoms with E-state index in [4.69, 9.17) is 0 Å². The lowest BCUT2D eigenvalue weighted by molar-refractivity contribution is 0.0670. The molecule has 2 N–H and O–H groups in total. The van der Waals surface area contributed by atoms with Gasteiger partial charge in [-0.25, -0.2) is 4.79 Å². The summed E-state index contributed by atoms with van der Waals surface area (Å²) in [6.45, 7) is 6.32. The summed E-state index contributed by atoms with van der Waals surface area (Å²) in [5, 5.41) is 14.0. The molecular weight excluding hydrogens is 590 g/mol. The zero-order valence-corrected chi connectivity index (χ0v) is 27.1. The second kappa shape index (κ2) is 15.6. The van der Waals surface area contributed by atoms with E-state index < -0.39 is 16.5 Å². The Bertz CT molecular complexity index is 1680. The van der Waals surface area contributed by atoms with Gasteiger partial charge in [-0.05, 0) is 49.9 Å². The summed E-state index contributed by atoms with van der Waals surface area (Å²) in [5.74, 6) is 1.21. The highest BCUT2D eigenvalue weighted by Gasteiger charge is 2.21. The van der Waals surface area contributed by atoms with Crippen LogP contribution in [0.3, 0.4) is 0 Å². The van der Waals surface area contributed by atoms with Gasteiger partial charge in [0.1, 0.15) is 0 Å². The minimum atomic E-state index is -0.980. The van der Waals surface area contributed by atoms with Crippen LogP contribution in [0, 0.1) is 0 Å². The molecule has 0 bridgehead atoms. The first kappa shape index (κ1) is 32.8. The number of hydrogen-bond acceptors (Lipinski definition) is 8. The number of imidazole rings is 1. The number of aliphatic hydroxyl groups excluding tert-OH is 1. The zero-order valence-electron chi connectivity index (χ0n) is 26.3. The van der Waals surface area contributed by atoms with Crippen molar-refractivity contribution in [2.45, 2.75) is 49.8 Å². The number of fused-ring (bicyclic) bond motifs is 1. The van der Waals surface area contributed by atoms with Crippen molar-refractivity contribution in [3.63, 3.8) is 0 Å². The molecule has 1 fully saturated rings. The second-order valence-corrected chi connectivity index (χ2v) is 13.4. The molecule has 1 saturated heterocycles. The fourth-order valence-corrected chi connectivity index (χ4v) is 7.08. The van der Waals surface area contributed by atoms with E-state index >= 15 is 0 Å². The molecule has 2 atom stereocenters. The highest BCUT2D eigenvalue weighted by atomic mass is 32.2. The molecule has 0 saturated carbocycles. The topological polar surface area (TPSA) is 118 Å². The van der Waals surface area contributed by atoms with E-state index in [0.717, 1.165) is 73.4 Å². The molecule has 0 radical (unpaired) electrons. The molecule has 12 heteroatoms. The monoisotopic (exact) mass is 635 g/mol. The van der Waals surface area contributed by atoms with Crippen LogP contribution in [0.1, 0.15) is 31.2 Å². The molecule has 0 amide bonds. The van der Waals surface area contributed by atoms with E-state index in [2.05, 4.69) is 20.1 Å². The van der Waals surface area contributed by atoms with Crippen LogP contribution < -0.4 is 16.6 Å². The number of unbranched alkanes of at least 4 members (excludes halogenated alkanes) is 1. The van der Waals surface area contributed by atoms with Crippen LogP contribution in [-0.4, -0.2) is 88.9 Å². The van der Waals surface area contributed by atoms with Crippen molar-refractivity contribution in [1.82, 2.24) is 28.5 Å². The molecule has 5 rings (SSSR count). The Labute approximate surface area is 266 Å². The zero-order chi connectivity index (χ0) is 31.8. The summed E-state index contributed by atoms with van der Waals surface area (Å²) >= 11 is 0. The molecule has 1 aliphatic rings. The predicted octanol–water partition coefficient (Wildman–Crippen LogP) is 2.39. The first-order chi connectivity index (χ1) is 21.8. The molecular formula is C33H45N7O4S. The van der Waals surface area contributed by atoms with Crippen molar-refractivity contribution in [1.29, 1.82) is 0 Å². The standard InChI is InChI=1S/C33H45N7O4S/c1-36-30-29(31(42)37(2)33(36)43)40(32(35-30)34-24-26-12-5-3-6-13-26)18-11-17-38-19-21-39(22-20-38)25-27(41)14-9-10-23-45(44)28-15-7-4-8-16-28/h3-8,12-13,15-16,27,41H,9-11,14,17-25H2,1-2H3,(H,34,35). The number of β-amino-alcohol motifs (C(OH)–C–C–N with tert-alkyl or cyclic N) is 1. The summed E-state index contributed by atoms with van der Waals surface area (Å²) in [6, 6.07) is 19.6. The quantitative estimate of drug-likeness (QED) is 0.191. The number of benzene rings is 2. The van der Waals surface area contributed by atoms with Crippen LogP contribution in [0.15, 0.2) is 75.1 Å². The Hall–Kier alpha value is -3.58. The maximum absolute atomic E-state index is 13.2. The Balaban J connectivity index is 1.09. The van der Waals surface area contributed by atoms with Gasteiger partial charge >= 0.3 is 5.69 Å². The van der Waals surface area contributed by atoms with Crippen LogP contribution >= 0.6 is 0 Å². The molecule has 2 unspecified atom stereocenters. The summed E-state index contributed by atoms with van der Waals surface area (Å²) in [6.07, 6.45) is 2.87. The summed E-state index contributed by atoms with van der Waals surface area (Å²) in [4.78, 5) is 36.1. The van der Waals surface area contributed by atoms with Gasteiger partial charge in [-0.15, -0.1) is 0 Å². The number of aromatic nitrogens is 4. The minimum absolute atomic E-state index is 0.343. The van der Waals surface area contributed by atoms with Crippen molar-refractivity contribution in [2.75, 3.05) is 50.3 Å². The van der Waals surface area contributed by atoms with Gasteiger partial charge in [0.15, 0.2) is 11.2 Å². The summed E-state index contributed by atoms with van der Waals surface area (Å²) in [7, 11) is 2.17. The average Bonchev–Trinajstić information content (AvgIpc) is 3.43. The van der Waals surface area contributed by atoms with Gasteiger partial charge in [-0.1, -0.05) is 48.5 Å². The van der Waals surface area contributed by atoms with Gasteiger partial charge in [-0.3, -0.25) is 23.0 Å². The van der Waals surface area contributed by atoms with Crippen LogP contribution in [0.2, 0.25) is 0 Å². The van der Waals surface area contributed by atoms with Crippen LogP contribution in [-0.2, 0) is 38.0 Å². The summed E-state index contributed by atoms with van der Waals surface area (Å²) in [5.41, 5.74) is 1.18. The molecule has 242 valence electrons. The average molecular weight is 636 g/mol. The Morgan fingerprint density at radius 2 is 1.53 bits per heavy atom. The number of rotatable bonds is 15. The number of hydrogen-bond donors (Lipinski definition) is 2. The maximum Gasteiger partial charge on any atom is 0.332 e. The molecule has 0 spiro atoms. The fraction of sp³-hybridized carbons (Fsp3) is 0.485. The normalized spacial score (nSPS) is 15.8. The van der Waals surface area contributed by atoms with Gasteiger partial charge in [0.05, 0.1) is 16.9 Å². The first-order valence-electron chi connectivity index (χ1n) is 15.8. The molecule has 4 aromatic rings. The van der Waals surface area contributed by atoms with E-state index in [1.807, 2.05) is 65.2 Å². The predicted molar refractivity (Wildman–Crippen MR) is 179 cm³/mol. The lowest BCUT2D eigenvalue weighted by Gasteiger charge is -2.35. The number of nitrogens with zero attached hydrogens (tertiary/aromatic N) is 6. The number of aliphatic hydroxyl groups is 1. The number of aryl methyl sites for hydroxylation is 2. The molecule has 45 heavy (non-hydrogen) atoms. The number of anilines is 1. The Kier molecular flexibility index (Phi) is 11.4. The van der Waals surface area contributed by atoms with Gasteiger partial charge < -0.3 is 19.9 Å². The van der Waals surface area contributed by atoms with Crippen molar-refractivity contribution in [3.05, 3.63) is 87.1 Å². The van der Waals surface area contributed by atoms with E-state index in [1.165, 1.54) is 11.6 Å². The molecule has 1 aliphatic heterocycles. The maximum atomic E-state index is 13.2. The van der Waals surface area contributed by atoms with Gasteiger partial charge in [0, 0.05) is 70.6 Å². The lowest BCUT2D eigenvalue weighted by Crippen LogP contribution is -2.48. The Morgan fingerprint density at radius 1 is 0.867 bits per heavy atom. The van der Waals surface area contributed by atoms with Crippen molar-refractivity contribution >= 4 is 27.9 Å². The minimum Gasteiger partial charge on any atom is -0.392 e. The molecule has 2 aromatic heterocycles. The molecule has 2 aromatic carbocycles. The second-order valence-electron chi connectivity index (χ2n) is 11.8. The highest BCUT2D eigenvalue weighted by Crippen LogP contribution is 2.18. The van der Waals surface area contributed by atoms with E-state index in [0.29, 0.717) is 42.5 Å².